The molecule has 1 aromatic rings. The van der Waals surface area contributed by atoms with Gasteiger partial charge in [0.1, 0.15) is 11.8 Å². The molecule has 1 N–H and O–H groups in total. The number of nitrogens with one attached hydrogen (secondary N) is 1. The number of nitrogens with zero attached hydrogens (tertiary/aromatic N) is 3. The number of amides is 1. The molecule has 0 saturated carbocycles. The van der Waals surface area contributed by atoms with E-state index in [4.69, 9.17) is 4.74 Å². The number of carbonyl (C=O) groups excluding carboxylic acids is 1. The minimum absolute atomic E-state index is 0.000545. The van der Waals surface area contributed by atoms with Crippen molar-refractivity contribution in [1.29, 1.82) is 0 Å². The second-order valence-corrected chi connectivity index (χ2v) is 5.62. The molecule has 8 nitrogen and oxygen atoms in total. The van der Waals surface area contributed by atoms with Crippen LogP contribution in [-0.4, -0.2) is 67.7 Å². The van der Waals surface area contributed by atoms with Gasteiger partial charge in [0.05, 0.1) is 11.5 Å². The molecule has 0 aromatic heterocycles. The Balaban J connectivity index is 1.62. The molecular formula is C15H20N4O4. The van der Waals surface area contributed by atoms with Gasteiger partial charge in [-0.2, -0.15) is 0 Å². The van der Waals surface area contributed by atoms with E-state index in [-0.39, 0.29) is 16.5 Å². The first kappa shape index (κ1) is 15.7. The number of piperazine rings is 1. The van der Waals surface area contributed by atoms with Crippen molar-refractivity contribution in [3.8, 4) is 0 Å². The molecule has 2 heterocycles. The van der Waals surface area contributed by atoms with Gasteiger partial charge in [-0.1, -0.05) is 12.1 Å². The monoisotopic (exact) mass is 320 g/mol. The summed E-state index contributed by atoms with van der Waals surface area (Å²) < 4.78 is 5.50. The summed E-state index contributed by atoms with van der Waals surface area (Å²) in [6.07, 6.45) is -0.415. The van der Waals surface area contributed by atoms with Gasteiger partial charge in [0, 0.05) is 45.3 Å². The fraction of sp³-hybridized carbons (Fsp3) is 0.533. The van der Waals surface area contributed by atoms with Crippen molar-refractivity contribution in [2.24, 2.45) is 0 Å². The molecule has 1 aromatic carbocycles. The maximum absolute atomic E-state index is 12.4. The third-order valence-corrected chi connectivity index (χ3v) is 4.21. The molecule has 0 spiro atoms. The summed E-state index contributed by atoms with van der Waals surface area (Å²) in [5.41, 5.74) is 0.715. The van der Waals surface area contributed by atoms with E-state index < -0.39 is 6.10 Å². The highest BCUT2D eigenvalue weighted by Crippen LogP contribution is 2.28. The Hall–Kier alpha value is -2.19. The Kier molecular flexibility index (Phi) is 4.73. The average molecular weight is 320 g/mol. The summed E-state index contributed by atoms with van der Waals surface area (Å²) in [5.74, 6) is -0.000545. The van der Waals surface area contributed by atoms with Crippen LogP contribution in [0.15, 0.2) is 24.3 Å². The normalized spacial score (nSPS) is 22.0. The number of rotatable bonds is 3. The van der Waals surface area contributed by atoms with E-state index in [0.717, 1.165) is 6.54 Å². The predicted octanol–water partition coefficient (Wildman–Crippen LogP) is 0.232. The number of hydrogen-bond donors (Lipinski definition) is 1. The van der Waals surface area contributed by atoms with Gasteiger partial charge in [-0.15, -0.1) is 0 Å². The number of nitro benzene ring substituents is 1. The number of anilines is 1. The summed E-state index contributed by atoms with van der Waals surface area (Å²) in [4.78, 5) is 26.9. The minimum Gasteiger partial charge on any atom is -0.366 e. The first-order valence-electron chi connectivity index (χ1n) is 7.76. The lowest BCUT2D eigenvalue weighted by molar-refractivity contribution is -0.384. The molecule has 2 aliphatic rings. The van der Waals surface area contributed by atoms with E-state index in [1.165, 1.54) is 6.07 Å². The Morgan fingerprint density at radius 1 is 1.26 bits per heavy atom. The summed E-state index contributed by atoms with van der Waals surface area (Å²) in [5, 5.41) is 14.3. The van der Waals surface area contributed by atoms with Crippen LogP contribution in [-0.2, 0) is 9.53 Å². The van der Waals surface area contributed by atoms with Crippen molar-refractivity contribution in [2.45, 2.75) is 6.10 Å². The SMILES string of the molecule is O=C(C1CNCCO1)N1CCN(c2ccccc2[N+](=O)[O-])CC1. The zero-order valence-corrected chi connectivity index (χ0v) is 12.8. The van der Waals surface area contributed by atoms with E-state index in [1.54, 1.807) is 23.1 Å². The highest BCUT2D eigenvalue weighted by Gasteiger charge is 2.30. The van der Waals surface area contributed by atoms with Crippen LogP contribution < -0.4 is 10.2 Å². The molecule has 2 saturated heterocycles. The molecule has 3 rings (SSSR count). The zero-order valence-electron chi connectivity index (χ0n) is 12.8. The van der Waals surface area contributed by atoms with Crippen molar-refractivity contribution in [3.63, 3.8) is 0 Å². The number of para-hydroxylation sites is 2. The topological polar surface area (TPSA) is 88.0 Å². The van der Waals surface area contributed by atoms with Crippen LogP contribution >= 0.6 is 0 Å². The van der Waals surface area contributed by atoms with Gasteiger partial charge in [0.2, 0.25) is 0 Å². The number of hydrogen-bond acceptors (Lipinski definition) is 6. The summed E-state index contributed by atoms with van der Waals surface area (Å²) in [6, 6.07) is 6.72. The number of morpholine rings is 1. The molecule has 8 heteroatoms. The first-order chi connectivity index (χ1) is 11.2. The Morgan fingerprint density at radius 2 is 2.00 bits per heavy atom. The lowest BCUT2D eigenvalue weighted by atomic mass is 10.2. The molecule has 2 fully saturated rings. The molecule has 0 radical (unpaired) electrons. The second-order valence-electron chi connectivity index (χ2n) is 5.62. The predicted molar refractivity (Wildman–Crippen MR) is 84.5 cm³/mol. The number of carbonyl (C=O) groups is 1. The van der Waals surface area contributed by atoms with E-state index in [9.17, 15) is 14.9 Å². The van der Waals surface area contributed by atoms with Crippen LogP contribution in [0.2, 0.25) is 0 Å². The average Bonchev–Trinajstić information content (AvgIpc) is 2.62. The maximum Gasteiger partial charge on any atom is 0.292 e. The number of ether oxygens (including phenoxy) is 1. The third kappa shape index (κ3) is 3.43. The maximum atomic E-state index is 12.4. The van der Waals surface area contributed by atoms with Gasteiger partial charge in [-0.3, -0.25) is 14.9 Å². The second kappa shape index (κ2) is 6.93. The van der Waals surface area contributed by atoms with Crippen molar-refractivity contribution in [1.82, 2.24) is 10.2 Å². The van der Waals surface area contributed by atoms with E-state index >= 15 is 0 Å². The highest BCUT2D eigenvalue weighted by atomic mass is 16.6. The molecule has 2 aliphatic heterocycles. The molecule has 1 unspecified atom stereocenters. The van der Waals surface area contributed by atoms with Crippen LogP contribution in [0.3, 0.4) is 0 Å². The fourth-order valence-electron chi connectivity index (χ4n) is 2.98. The Bertz CT molecular complexity index is 581. The van der Waals surface area contributed by atoms with Gasteiger partial charge in [-0.25, -0.2) is 0 Å². The van der Waals surface area contributed by atoms with Gasteiger partial charge in [-0.05, 0) is 6.07 Å². The molecule has 1 atom stereocenters. The summed E-state index contributed by atoms with van der Waals surface area (Å²) in [7, 11) is 0. The Labute approximate surface area is 134 Å². The first-order valence-corrected chi connectivity index (χ1v) is 7.76. The largest absolute Gasteiger partial charge is 0.366 e. The third-order valence-electron chi connectivity index (χ3n) is 4.21. The van der Waals surface area contributed by atoms with Crippen LogP contribution in [0.5, 0.6) is 0 Å². The van der Waals surface area contributed by atoms with Gasteiger partial charge < -0.3 is 19.9 Å². The van der Waals surface area contributed by atoms with Gasteiger partial charge >= 0.3 is 0 Å². The zero-order chi connectivity index (χ0) is 16.2. The van der Waals surface area contributed by atoms with Crippen LogP contribution in [0.1, 0.15) is 0 Å². The van der Waals surface area contributed by atoms with Crippen LogP contribution in [0.25, 0.3) is 0 Å². The molecular weight excluding hydrogens is 300 g/mol. The molecule has 124 valence electrons. The summed E-state index contributed by atoms with van der Waals surface area (Å²) >= 11 is 0. The minimum atomic E-state index is -0.415. The standard InChI is InChI=1S/C15H20N4O4/c20-15(14-11-16-5-10-23-14)18-8-6-17(7-9-18)12-3-1-2-4-13(12)19(21)22/h1-4,14,16H,5-11H2. The quantitative estimate of drug-likeness (QED) is 0.634. The van der Waals surface area contributed by atoms with Crippen molar-refractivity contribution in [3.05, 3.63) is 34.4 Å². The van der Waals surface area contributed by atoms with Crippen molar-refractivity contribution in [2.75, 3.05) is 50.8 Å². The van der Waals surface area contributed by atoms with Gasteiger partial charge in [0.25, 0.3) is 11.6 Å². The number of benzene rings is 1. The molecule has 0 aliphatic carbocycles. The molecule has 1 amide bonds. The lowest BCUT2D eigenvalue weighted by Gasteiger charge is -2.37. The van der Waals surface area contributed by atoms with Crippen LogP contribution in [0.4, 0.5) is 11.4 Å². The number of nitro groups is 1. The van der Waals surface area contributed by atoms with Crippen LogP contribution in [0, 0.1) is 10.1 Å². The Morgan fingerprint density at radius 3 is 2.65 bits per heavy atom. The van der Waals surface area contributed by atoms with Crippen molar-refractivity contribution < 1.29 is 14.5 Å². The highest BCUT2D eigenvalue weighted by molar-refractivity contribution is 5.81. The summed E-state index contributed by atoms with van der Waals surface area (Å²) in [6.45, 7) is 4.12. The lowest BCUT2D eigenvalue weighted by Crippen LogP contribution is -2.55. The van der Waals surface area contributed by atoms with Crippen molar-refractivity contribution >= 4 is 17.3 Å². The molecule has 23 heavy (non-hydrogen) atoms. The smallest absolute Gasteiger partial charge is 0.292 e. The van der Waals surface area contributed by atoms with E-state index in [2.05, 4.69) is 5.32 Å². The fourth-order valence-corrected chi connectivity index (χ4v) is 2.98. The van der Waals surface area contributed by atoms with E-state index in [0.29, 0.717) is 45.0 Å². The molecule has 0 bridgehead atoms. The van der Waals surface area contributed by atoms with E-state index in [1.807, 2.05) is 4.90 Å². The van der Waals surface area contributed by atoms with Gasteiger partial charge in [0.15, 0.2) is 0 Å².